The highest BCUT2D eigenvalue weighted by Gasteiger charge is 2.31. The quantitative estimate of drug-likeness (QED) is 0.876. The number of hydrogen-bond donors (Lipinski definition) is 1. The van der Waals surface area contributed by atoms with Crippen molar-refractivity contribution in [2.45, 2.75) is 32.8 Å². The highest BCUT2D eigenvalue weighted by atomic mass is 19.4. The molecule has 1 aromatic carbocycles. The molecule has 1 aromatic heterocycles. The number of rotatable bonds is 6. The lowest BCUT2D eigenvalue weighted by atomic mass is 10.0. The van der Waals surface area contributed by atoms with Gasteiger partial charge in [0.25, 0.3) is 5.91 Å². The van der Waals surface area contributed by atoms with Gasteiger partial charge in [-0.3, -0.25) is 9.48 Å². The first-order valence-corrected chi connectivity index (χ1v) is 7.23. The molecular formula is C15H17F3N4O2. The molecule has 6 nitrogen and oxygen atoms in total. The van der Waals surface area contributed by atoms with Crippen LogP contribution in [0.3, 0.4) is 0 Å². The summed E-state index contributed by atoms with van der Waals surface area (Å²) in [5.74, 6) is -0.832. The van der Waals surface area contributed by atoms with Crippen LogP contribution in [0.1, 0.15) is 24.2 Å². The third kappa shape index (κ3) is 5.25. The molecule has 0 aliphatic carbocycles. The number of nitrogens with zero attached hydrogens (tertiary/aromatic N) is 3. The maximum Gasteiger partial charge on any atom is 0.573 e. The molecule has 0 fully saturated rings. The zero-order valence-corrected chi connectivity index (χ0v) is 13.1. The van der Waals surface area contributed by atoms with Crippen molar-refractivity contribution in [3.8, 4) is 5.75 Å². The SMILES string of the molecule is CC(C)[C@@H](Cn1cncn1)NC(=O)c1cccc(OC(F)(F)F)c1. The molecule has 2 rings (SSSR count). The van der Waals surface area contributed by atoms with Crippen molar-refractivity contribution in [1.29, 1.82) is 0 Å². The summed E-state index contributed by atoms with van der Waals surface area (Å²) < 4.78 is 42.2. The topological polar surface area (TPSA) is 69.0 Å². The summed E-state index contributed by atoms with van der Waals surface area (Å²) in [6, 6.07) is 4.68. The molecule has 0 unspecified atom stereocenters. The summed E-state index contributed by atoms with van der Waals surface area (Å²) in [7, 11) is 0. The number of amides is 1. The van der Waals surface area contributed by atoms with Gasteiger partial charge in [0.2, 0.25) is 0 Å². The van der Waals surface area contributed by atoms with Crippen LogP contribution in [0.5, 0.6) is 5.75 Å². The number of nitrogens with one attached hydrogen (secondary N) is 1. The van der Waals surface area contributed by atoms with Gasteiger partial charge >= 0.3 is 6.36 Å². The van der Waals surface area contributed by atoms with E-state index in [1.807, 2.05) is 13.8 Å². The Kier molecular flexibility index (Phi) is 5.42. The number of carbonyl (C=O) groups excluding carboxylic acids is 1. The lowest BCUT2D eigenvalue weighted by Crippen LogP contribution is -2.41. The van der Waals surface area contributed by atoms with Gasteiger partial charge in [0.05, 0.1) is 12.6 Å². The van der Waals surface area contributed by atoms with E-state index in [4.69, 9.17) is 0 Å². The second kappa shape index (κ2) is 7.33. The number of benzene rings is 1. The first kappa shape index (κ1) is 17.8. The lowest BCUT2D eigenvalue weighted by molar-refractivity contribution is -0.274. The van der Waals surface area contributed by atoms with E-state index in [1.165, 1.54) is 24.8 Å². The summed E-state index contributed by atoms with van der Waals surface area (Å²) in [6.45, 7) is 4.25. The summed E-state index contributed by atoms with van der Waals surface area (Å²) in [5, 5.41) is 6.78. The number of alkyl halides is 3. The third-order valence-corrected chi connectivity index (χ3v) is 3.30. The van der Waals surface area contributed by atoms with Crippen LogP contribution in [0.25, 0.3) is 0 Å². The van der Waals surface area contributed by atoms with Gasteiger partial charge in [-0.05, 0) is 24.1 Å². The summed E-state index contributed by atoms with van der Waals surface area (Å²) in [5.41, 5.74) is 0.0843. The fourth-order valence-electron chi connectivity index (χ4n) is 2.04. The zero-order chi connectivity index (χ0) is 17.7. The Morgan fingerprint density at radius 2 is 2.12 bits per heavy atom. The minimum absolute atomic E-state index is 0.0843. The molecular weight excluding hydrogens is 325 g/mol. The van der Waals surface area contributed by atoms with E-state index in [2.05, 4.69) is 20.1 Å². The molecule has 130 valence electrons. The van der Waals surface area contributed by atoms with Crippen molar-refractivity contribution in [3.63, 3.8) is 0 Å². The fraction of sp³-hybridized carbons (Fsp3) is 0.400. The predicted molar refractivity (Wildman–Crippen MR) is 79.2 cm³/mol. The van der Waals surface area contributed by atoms with Gasteiger partial charge in [0.1, 0.15) is 18.4 Å². The Balaban J connectivity index is 2.08. The average Bonchev–Trinajstić information content (AvgIpc) is 2.98. The molecule has 0 saturated heterocycles. The van der Waals surface area contributed by atoms with E-state index in [0.717, 1.165) is 12.1 Å². The van der Waals surface area contributed by atoms with Crippen LogP contribution < -0.4 is 10.1 Å². The third-order valence-electron chi connectivity index (χ3n) is 3.30. The molecule has 0 bridgehead atoms. The van der Waals surface area contributed by atoms with Crippen molar-refractivity contribution < 1.29 is 22.7 Å². The minimum atomic E-state index is -4.80. The van der Waals surface area contributed by atoms with Crippen LogP contribution in [0.2, 0.25) is 0 Å². The Morgan fingerprint density at radius 1 is 1.38 bits per heavy atom. The lowest BCUT2D eigenvalue weighted by Gasteiger charge is -2.22. The van der Waals surface area contributed by atoms with Crippen molar-refractivity contribution in [2.75, 3.05) is 0 Å². The summed E-state index contributed by atoms with van der Waals surface area (Å²) in [6.07, 6.45) is -1.89. The van der Waals surface area contributed by atoms with Gasteiger partial charge in [-0.2, -0.15) is 5.10 Å². The largest absolute Gasteiger partial charge is 0.573 e. The Bertz CT molecular complexity index is 672. The molecule has 1 N–H and O–H groups in total. The van der Waals surface area contributed by atoms with E-state index < -0.39 is 18.0 Å². The minimum Gasteiger partial charge on any atom is -0.406 e. The van der Waals surface area contributed by atoms with E-state index in [9.17, 15) is 18.0 Å². The molecule has 1 atom stereocenters. The first-order chi connectivity index (χ1) is 11.2. The smallest absolute Gasteiger partial charge is 0.406 e. The molecule has 0 spiro atoms. The normalized spacial score (nSPS) is 12.9. The van der Waals surface area contributed by atoms with Gasteiger partial charge in [-0.1, -0.05) is 19.9 Å². The number of halogens is 3. The van der Waals surface area contributed by atoms with Crippen LogP contribution in [0.15, 0.2) is 36.9 Å². The number of hydrogen-bond acceptors (Lipinski definition) is 4. The van der Waals surface area contributed by atoms with Crippen molar-refractivity contribution in [1.82, 2.24) is 20.1 Å². The average molecular weight is 342 g/mol. The maximum absolute atomic E-state index is 12.3. The van der Waals surface area contributed by atoms with E-state index in [-0.39, 0.29) is 17.5 Å². The predicted octanol–water partition coefficient (Wildman–Crippen LogP) is 2.63. The Hall–Kier alpha value is -2.58. The van der Waals surface area contributed by atoms with Crippen molar-refractivity contribution >= 4 is 5.91 Å². The van der Waals surface area contributed by atoms with E-state index in [1.54, 1.807) is 4.68 Å². The highest BCUT2D eigenvalue weighted by molar-refractivity contribution is 5.94. The van der Waals surface area contributed by atoms with Crippen LogP contribution in [0.4, 0.5) is 13.2 Å². The molecule has 2 aromatic rings. The molecule has 0 saturated carbocycles. The van der Waals surface area contributed by atoms with Crippen LogP contribution in [-0.4, -0.2) is 33.1 Å². The maximum atomic E-state index is 12.3. The van der Waals surface area contributed by atoms with Gasteiger partial charge < -0.3 is 10.1 Å². The molecule has 9 heteroatoms. The fourth-order valence-corrected chi connectivity index (χ4v) is 2.04. The summed E-state index contributed by atoms with van der Waals surface area (Å²) in [4.78, 5) is 16.1. The zero-order valence-electron chi connectivity index (χ0n) is 13.1. The van der Waals surface area contributed by atoms with Crippen molar-refractivity contribution in [3.05, 3.63) is 42.5 Å². The number of aromatic nitrogens is 3. The monoisotopic (exact) mass is 342 g/mol. The van der Waals surface area contributed by atoms with Crippen LogP contribution >= 0.6 is 0 Å². The van der Waals surface area contributed by atoms with Crippen molar-refractivity contribution in [2.24, 2.45) is 5.92 Å². The Morgan fingerprint density at radius 3 is 2.71 bits per heavy atom. The molecule has 24 heavy (non-hydrogen) atoms. The van der Waals surface area contributed by atoms with Gasteiger partial charge in [-0.25, -0.2) is 4.98 Å². The second-order valence-corrected chi connectivity index (χ2v) is 5.52. The highest BCUT2D eigenvalue weighted by Crippen LogP contribution is 2.23. The van der Waals surface area contributed by atoms with E-state index >= 15 is 0 Å². The van der Waals surface area contributed by atoms with E-state index in [0.29, 0.717) is 6.54 Å². The first-order valence-electron chi connectivity index (χ1n) is 7.23. The molecule has 0 aliphatic rings. The molecule has 0 aliphatic heterocycles. The number of ether oxygens (including phenoxy) is 1. The molecule has 1 heterocycles. The molecule has 0 radical (unpaired) electrons. The molecule has 1 amide bonds. The van der Waals surface area contributed by atoms with Crippen LogP contribution in [-0.2, 0) is 6.54 Å². The van der Waals surface area contributed by atoms with Gasteiger partial charge in [0, 0.05) is 5.56 Å². The van der Waals surface area contributed by atoms with Gasteiger partial charge in [0.15, 0.2) is 0 Å². The number of carbonyl (C=O) groups is 1. The standard InChI is InChI=1S/C15H17F3N4O2/c1-10(2)13(7-22-9-19-8-20-22)21-14(23)11-4-3-5-12(6-11)24-15(16,17)18/h3-6,8-10,13H,7H2,1-2H3,(H,21,23)/t13-/m1/s1. The second-order valence-electron chi connectivity index (χ2n) is 5.52. The van der Waals surface area contributed by atoms with Crippen LogP contribution in [0, 0.1) is 5.92 Å². The summed E-state index contributed by atoms with van der Waals surface area (Å²) >= 11 is 0. The van der Waals surface area contributed by atoms with Gasteiger partial charge in [-0.15, -0.1) is 13.2 Å². The Labute approximate surface area is 136 Å².